The van der Waals surface area contributed by atoms with Crippen LogP contribution in [0.4, 0.5) is 5.82 Å². The van der Waals surface area contributed by atoms with Gasteiger partial charge in [-0.2, -0.15) is 18.6 Å². The van der Waals surface area contributed by atoms with Gasteiger partial charge in [0.1, 0.15) is 0 Å². The molecule has 0 aliphatic carbocycles. The summed E-state index contributed by atoms with van der Waals surface area (Å²) in [6, 6.07) is 2.95. The lowest BCUT2D eigenvalue weighted by Gasteiger charge is -2.00. The molecule has 2 aromatic rings. The van der Waals surface area contributed by atoms with E-state index in [-0.39, 0.29) is 10.8 Å². The molecular formula is C7H9N5O2S. The molecular weight excluding hydrogens is 218 g/mol. The number of rotatable bonds is 3. The van der Waals surface area contributed by atoms with E-state index in [2.05, 4.69) is 25.1 Å². The molecule has 0 unspecified atom stereocenters. The maximum atomic E-state index is 11.6. The number of anilines is 1. The van der Waals surface area contributed by atoms with Crippen LogP contribution < -0.4 is 4.72 Å². The molecule has 0 saturated heterocycles. The van der Waals surface area contributed by atoms with E-state index in [9.17, 15) is 8.42 Å². The zero-order valence-electron chi connectivity index (χ0n) is 7.85. The molecule has 2 aromatic heterocycles. The van der Waals surface area contributed by atoms with E-state index < -0.39 is 10.0 Å². The van der Waals surface area contributed by atoms with Crippen LogP contribution in [-0.2, 0) is 10.0 Å². The van der Waals surface area contributed by atoms with E-state index in [0.717, 1.165) is 5.69 Å². The Morgan fingerprint density at radius 3 is 2.73 bits per heavy atom. The highest BCUT2D eigenvalue weighted by molar-refractivity contribution is 7.92. The van der Waals surface area contributed by atoms with Crippen molar-refractivity contribution in [2.75, 3.05) is 4.72 Å². The Balaban J connectivity index is 2.26. The Hall–Kier alpha value is -1.83. The van der Waals surface area contributed by atoms with Gasteiger partial charge in [0.05, 0.1) is 6.20 Å². The van der Waals surface area contributed by atoms with Crippen molar-refractivity contribution in [3.8, 4) is 0 Å². The number of hydrogen-bond acceptors (Lipinski definition) is 4. The third kappa shape index (κ3) is 1.99. The molecule has 0 spiro atoms. The highest BCUT2D eigenvalue weighted by Crippen LogP contribution is 2.11. The first-order valence-electron chi connectivity index (χ1n) is 4.12. The first-order chi connectivity index (χ1) is 7.08. The van der Waals surface area contributed by atoms with Crippen LogP contribution in [0.2, 0.25) is 0 Å². The summed E-state index contributed by atoms with van der Waals surface area (Å²) in [6.45, 7) is 1.78. The third-order valence-corrected chi connectivity index (χ3v) is 2.99. The Morgan fingerprint density at radius 2 is 2.20 bits per heavy atom. The fraction of sp³-hybridized carbons (Fsp3) is 0.143. The highest BCUT2D eigenvalue weighted by Gasteiger charge is 2.16. The number of nitrogens with one attached hydrogen (secondary N) is 3. The average Bonchev–Trinajstić information content (AvgIpc) is 2.75. The van der Waals surface area contributed by atoms with Crippen LogP contribution in [0.3, 0.4) is 0 Å². The monoisotopic (exact) mass is 227 g/mol. The van der Waals surface area contributed by atoms with E-state index in [1.165, 1.54) is 12.3 Å². The van der Waals surface area contributed by atoms with Gasteiger partial charge in [0.25, 0.3) is 10.0 Å². The van der Waals surface area contributed by atoms with Crippen LogP contribution in [0.15, 0.2) is 23.4 Å². The first-order valence-corrected chi connectivity index (χ1v) is 5.60. The Bertz CT molecular complexity index is 542. The molecule has 0 radical (unpaired) electrons. The van der Waals surface area contributed by atoms with Gasteiger partial charge in [0.15, 0.2) is 10.8 Å². The predicted molar refractivity (Wildman–Crippen MR) is 52.7 cm³/mol. The van der Waals surface area contributed by atoms with Gasteiger partial charge in [0.2, 0.25) is 0 Å². The van der Waals surface area contributed by atoms with Crippen molar-refractivity contribution in [1.29, 1.82) is 0 Å². The summed E-state index contributed by atoms with van der Waals surface area (Å²) in [6.07, 6.45) is 1.37. The topological polar surface area (TPSA) is 104 Å². The number of sulfonamides is 1. The summed E-state index contributed by atoms with van der Waals surface area (Å²) in [5, 5.41) is 12.3. The molecule has 0 bridgehead atoms. The standard InChI is InChI=1S/C7H9N5O2S/c1-5-4-6(10-9-5)12-15(13,14)7-2-3-8-11-7/h2-4H,1H3,(H,8,11)(H2,9,10,12). The lowest BCUT2D eigenvalue weighted by molar-refractivity contribution is 0.597. The molecule has 0 atom stereocenters. The van der Waals surface area contributed by atoms with Gasteiger partial charge in [-0.15, -0.1) is 0 Å². The summed E-state index contributed by atoms with van der Waals surface area (Å²) in [4.78, 5) is 0. The lowest BCUT2D eigenvalue weighted by Crippen LogP contribution is -2.13. The van der Waals surface area contributed by atoms with Crippen LogP contribution in [0.25, 0.3) is 0 Å². The van der Waals surface area contributed by atoms with E-state index in [1.54, 1.807) is 13.0 Å². The fourth-order valence-electron chi connectivity index (χ4n) is 1.06. The molecule has 8 heteroatoms. The predicted octanol–water partition coefficient (Wildman–Crippen LogP) is 0.242. The zero-order valence-corrected chi connectivity index (χ0v) is 8.67. The normalized spacial score (nSPS) is 11.5. The van der Waals surface area contributed by atoms with Gasteiger partial charge >= 0.3 is 0 Å². The maximum absolute atomic E-state index is 11.6. The van der Waals surface area contributed by atoms with Crippen molar-refractivity contribution in [2.45, 2.75) is 11.9 Å². The van der Waals surface area contributed by atoms with Gasteiger partial charge in [-0.05, 0) is 13.0 Å². The molecule has 0 aliphatic rings. The second-order valence-electron chi connectivity index (χ2n) is 2.96. The Labute approximate surface area is 86.0 Å². The van der Waals surface area contributed by atoms with E-state index in [0.29, 0.717) is 0 Å². The molecule has 0 amide bonds. The second kappa shape index (κ2) is 3.39. The number of H-pyrrole nitrogens is 2. The molecule has 7 nitrogen and oxygen atoms in total. The van der Waals surface area contributed by atoms with Gasteiger partial charge in [-0.1, -0.05) is 0 Å². The molecule has 0 fully saturated rings. The summed E-state index contributed by atoms with van der Waals surface area (Å²) in [5.74, 6) is 0.252. The Kier molecular flexibility index (Phi) is 2.19. The SMILES string of the molecule is Cc1cc(NS(=O)(=O)c2ccn[nH]2)n[nH]1. The fourth-order valence-corrected chi connectivity index (χ4v) is 1.96. The highest BCUT2D eigenvalue weighted by atomic mass is 32.2. The smallest absolute Gasteiger partial charge is 0.280 e. The number of aryl methyl sites for hydroxylation is 1. The van der Waals surface area contributed by atoms with Crippen molar-refractivity contribution < 1.29 is 8.42 Å². The van der Waals surface area contributed by atoms with Crippen LogP contribution in [0.1, 0.15) is 5.69 Å². The van der Waals surface area contributed by atoms with Crippen LogP contribution >= 0.6 is 0 Å². The summed E-state index contributed by atoms with van der Waals surface area (Å²) in [7, 11) is -3.61. The van der Waals surface area contributed by atoms with Crippen molar-refractivity contribution in [3.63, 3.8) is 0 Å². The van der Waals surface area contributed by atoms with Gasteiger partial charge in [-0.3, -0.25) is 14.9 Å². The van der Waals surface area contributed by atoms with Crippen molar-refractivity contribution in [2.24, 2.45) is 0 Å². The first kappa shape index (κ1) is 9.71. The van der Waals surface area contributed by atoms with Crippen molar-refractivity contribution in [1.82, 2.24) is 20.4 Å². The van der Waals surface area contributed by atoms with Gasteiger partial charge < -0.3 is 0 Å². The largest absolute Gasteiger partial charge is 0.281 e. The number of aromatic amines is 2. The van der Waals surface area contributed by atoms with Crippen LogP contribution in [0, 0.1) is 6.92 Å². The van der Waals surface area contributed by atoms with Crippen molar-refractivity contribution >= 4 is 15.8 Å². The van der Waals surface area contributed by atoms with Crippen molar-refractivity contribution in [3.05, 3.63) is 24.0 Å². The van der Waals surface area contributed by atoms with Crippen LogP contribution in [-0.4, -0.2) is 28.8 Å². The lowest BCUT2D eigenvalue weighted by atomic mass is 10.5. The Morgan fingerprint density at radius 1 is 1.40 bits per heavy atom. The molecule has 2 rings (SSSR count). The summed E-state index contributed by atoms with van der Waals surface area (Å²) in [5.41, 5.74) is 0.775. The molecule has 15 heavy (non-hydrogen) atoms. The zero-order chi connectivity index (χ0) is 10.9. The summed E-state index contributed by atoms with van der Waals surface area (Å²) >= 11 is 0. The van der Waals surface area contributed by atoms with E-state index >= 15 is 0 Å². The minimum Gasteiger partial charge on any atom is -0.281 e. The molecule has 0 saturated carbocycles. The molecule has 3 N–H and O–H groups in total. The number of nitrogens with zero attached hydrogens (tertiary/aromatic N) is 2. The number of aromatic nitrogens is 4. The molecule has 0 aromatic carbocycles. The minimum absolute atomic E-state index is 0.00292. The van der Waals surface area contributed by atoms with E-state index in [1.807, 2.05) is 0 Å². The molecule has 2 heterocycles. The maximum Gasteiger partial charge on any atom is 0.280 e. The minimum atomic E-state index is -3.61. The molecule has 80 valence electrons. The quantitative estimate of drug-likeness (QED) is 0.698. The number of hydrogen-bond donors (Lipinski definition) is 3. The second-order valence-corrected chi connectivity index (χ2v) is 4.61. The summed E-state index contributed by atoms with van der Waals surface area (Å²) < 4.78 is 25.6. The van der Waals surface area contributed by atoms with Crippen LogP contribution in [0.5, 0.6) is 0 Å². The van der Waals surface area contributed by atoms with Gasteiger partial charge in [0, 0.05) is 11.8 Å². The third-order valence-electron chi connectivity index (χ3n) is 1.71. The average molecular weight is 227 g/mol. The van der Waals surface area contributed by atoms with E-state index in [4.69, 9.17) is 0 Å². The molecule has 0 aliphatic heterocycles. The van der Waals surface area contributed by atoms with Gasteiger partial charge in [-0.25, -0.2) is 0 Å².